The lowest BCUT2D eigenvalue weighted by Crippen LogP contribution is -2.39. The molecule has 2 aromatic rings. The van der Waals surface area contributed by atoms with Gasteiger partial charge in [-0.1, -0.05) is 6.92 Å². The van der Waals surface area contributed by atoms with Crippen LogP contribution in [0.4, 0.5) is 15.5 Å². The molecule has 0 bridgehead atoms. The van der Waals surface area contributed by atoms with Crippen molar-refractivity contribution in [2.75, 3.05) is 24.7 Å². The van der Waals surface area contributed by atoms with E-state index in [-0.39, 0.29) is 11.2 Å². The predicted octanol–water partition coefficient (Wildman–Crippen LogP) is 4.92. The molecule has 34 heavy (non-hydrogen) atoms. The molecular formula is C24H31N3O5S2. The number of carbonyl (C=O) groups excluding carboxylic acids is 3. The number of hydrogen-bond acceptors (Lipinski definition) is 8. The predicted molar refractivity (Wildman–Crippen MR) is 135 cm³/mol. The highest BCUT2D eigenvalue weighted by atomic mass is 32.2. The van der Waals surface area contributed by atoms with Crippen molar-refractivity contribution in [1.29, 1.82) is 0 Å². The summed E-state index contributed by atoms with van der Waals surface area (Å²) in [7, 11) is 1.32. The van der Waals surface area contributed by atoms with Crippen molar-refractivity contribution < 1.29 is 23.9 Å². The van der Waals surface area contributed by atoms with Crippen molar-refractivity contribution >= 4 is 51.8 Å². The molecule has 0 spiro atoms. The summed E-state index contributed by atoms with van der Waals surface area (Å²) in [6.45, 7) is 8.13. The quantitative estimate of drug-likeness (QED) is 0.326. The zero-order valence-corrected chi connectivity index (χ0v) is 21.7. The minimum Gasteiger partial charge on any atom is -0.465 e. The van der Waals surface area contributed by atoms with Crippen LogP contribution in [0.5, 0.6) is 0 Å². The van der Waals surface area contributed by atoms with Gasteiger partial charge in [0.1, 0.15) is 10.6 Å². The highest BCUT2D eigenvalue weighted by Crippen LogP contribution is 2.38. The summed E-state index contributed by atoms with van der Waals surface area (Å²) in [6.07, 6.45) is 0.678. The van der Waals surface area contributed by atoms with Crippen LogP contribution in [-0.4, -0.2) is 47.4 Å². The molecule has 0 saturated heterocycles. The Hall–Kier alpha value is -2.72. The number of methoxy groups -OCH3 is 1. The second-order valence-corrected chi connectivity index (χ2v) is 11.3. The van der Waals surface area contributed by atoms with Crippen LogP contribution < -0.4 is 11.1 Å². The summed E-state index contributed by atoms with van der Waals surface area (Å²) in [4.78, 5) is 41.7. The standard InChI is InChI=1S/C24H31N3O5S2/c1-6-17(33-15-9-7-14(25)8-10-15)20(28)26-21-19(22(29)31-5)16-11-12-27(13-18(16)34-21)23(30)32-24(2,3)4/h7-10,17H,6,11-13,25H2,1-5H3,(H,26,28). The maximum atomic E-state index is 13.1. The summed E-state index contributed by atoms with van der Waals surface area (Å²) in [5.74, 6) is -0.699. The van der Waals surface area contributed by atoms with Gasteiger partial charge in [0.05, 0.1) is 24.5 Å². The van der Waals surface area contributed by atoms with Gasteiger partial charge in [-0.25, -0.2) is 9.59 Å². The molecule has 1 atom stereocenters. The van der Waals surface area contributed by atoms with E-state index < -0.39 is 17.7 Å². The number of rotatable bonds is 6. The number of hydrogen-bond donors (Lipinski definition) is 2. The van der Waals surface area contributed by atoms with Crippen LogP contribution in [0, 0.1) is 0 Å². The molecule has 1 unspecified atom stereocenters. The lowest BCUT2D eigenvalue weighted by Gasteiger charge is -2.30. The number of nitrogens with one attached hydrogen (secondary N) is 1. The molecule has 0 radical (unpaired) electrons. The van der Waals surface area contributed by atoms with Gasteiger partial charge in [0, 0.05) is 22.0 Å². The average Bonchev–Trinajstić information content (AvgIpc) is 3.13. The summed E-state index contributed by atoms with van der Waals surface area (Å²) in [5, 5.41) is 3.04. The Morgan fingerprint density at radius 1 is 1.24 bits per heavy atom. The Morgan fingerprint density at radius 3 is 2.50 bits per heavy atom. The molecule has 0 saturated carbocycles. The van der Waals surface area contributed by atoms with Gasteiger partial charge in [-0.05, 0) is 63.4 Å². The molecule has 8 nitrogen and oxygen atoms in total. The summed E-state index contributed by atoms with van der Waals surface area (Å²) in [5.41, 5.74) is 7.00. The van der Waals surface area contributed by atoms with Gasteiger partial charge < -0.3 is 25.4 Å². The highest BCUT2D eigenvalue weighted by molar-refractivity contribution is 8.00. The van der Waals surface area contributed by atoms with Crippen molar-refractivity contribution in [3.8, 4) is 0 Å². The molecule has 1 aliphatic rings. The van der Waals surface area contributed by atoms with E-state index in [1.54, 1.807) is 17.0 Å². The molecule has 1 aromatic carbocycles. The second kappa shape index (κ2) is 10.7. The molecule has 2 heterocycles. The first-order valence-electron chi connectivity index (χ1n) is 11.1. The number of esters is 1. The van der Waals surface area contributed by atoms with Crippen LogP contribution >= 0.6 is 23.1 Å². The molecule has 0 fully saturated rings. The normalized spacial score (nSPS) is 14.2. The Bertz CT molecular complexity index is 1060. The summed E-state index contributed by atoms with van der Waals surface area (Å²) in [6, 6.07) is 7.36. The van der Waals surface area contributed by atoms with Crippen molar-refractivity contribution in [3.05, 3.63) is 40.3 Å². The lowest BCUT2D eigenvalue weighted by atomic mass is 10.0. The average molecular weight is 506 g/mol. The van der Waals surface area contributed by atoms with Crippen LogP contribution in [0.1, 0.15) is 54.9 Å². The third kappa shape index (κ3) is 6.24. The molecule has 1 aromatic heterocycles. The van der Waals surface area contributed by atoms with Crippen molar-refractivity contribution in [1.82, 2.24) is 4.90 Å². The van der Waals surface area contributed by atoms with Crippen LogP contribution in [0.25, 0.3) is 0 Å². The van der Waals surface area contributed by atoms with E-state index in [4.69, 9.17) is 15.2 Å². The number of nitrogens with zero attached hydrogens (tertiary/aromatic N) is 1. The molecule has 1 aliphatic heterocycles. The Balaban J connectivity index is 1.81. The number of carbonyl (C=O) groups is 3. The molecule has 2 amide bonds. The van der Waals surface area contributed by atoms with E-state index in [0.29, 0.717) is 42.2 Å². The number of fused-ring (bicyclic) bond motifs is 1. The molecule has 184 valence electrons. The van der Waals surface area contributed by atoms with Crippen LogP contribution in [0.2, 0.25) is 0 Å². The fraction of sp³-hybridized carbons (Fsp3) is 0.458. The van der Waals surface area contributed by atoms with Crippen LogP contribution in [0.3, 0.4) is 0 Å². The summed E-state index contributed by atoms with van der Waals surface area (Å²) < 4.78 is 10.5. The van der Waals surface area contributed by atoms with Crippen molar-refractivity contribution in [3.63, 3.8) is 0 Å². The Kier molecular flexibility index (Phi) is 8.14. The number of thiophene rings is 1. The van der Waals surface area contributed by atoms with E-state index in [0.717, 1.165) is 15.3 Å². The van der Waals surface area contributed by atoms with E-state index in [2.05, 4.69) is 5.32 Å². The zero-order chi connectivity index (χ0) is 25.0. The highest BCUT2D eigenvalue weighted by Gasteiger charge is 2.33. The number of thioether (sulfide) groups is 1. The molecule has 3 N–H and O–H groups in total. The van der Waals surface area contributed by atoms with Gasteiger partial charge in [0.25, 0.3) is 0 Å². The minimum atomic E-state index is -0.597. The number of anilines is 2. The second-order valence-electron chi connectivity index (χ2n) is 8.92. The van der Waals surface area contributed by atoms with Crippen LogP contribution in [-0.2, 0) is 27.2 Å². The van der Waals surface area contributed by atoms with Gasteiger partial charge in [-0.2, -0.15) is 0 Å². The smallest absolute Gasteiger partial charge is 0.410 e. The molecule has 10 heteroatoms. The number of ether oxygens (including phenoxy) is 2. The SMILES string of the molecule is CCC(Sc1ccc(N)cc1)C(=O)Nc1sc2c(c1C(=O)OC)CCN(C(=O)OC(C)(C)C)C2. The first-order valence-corrected chi connectivity index (χ1v) is 12.8. The Morgan fingerprint density at radius 2 is 1.91 bits per heavy atom. The fourth-order valence-corrected chi connectivity index (χ4v) is 5.73. The van der Waals surface area contributed by atoms with Gasteiger partial charge >= 0.3 is 12.1 Å². The topological polar surface area (TPSA) is 111 Å². The Labute approximate surface area is 208 Å². The van der Waals surface area contributed by atoms with E-state index in [1.165, 1.54) is 30.2 Å². The van der Waals surface area contributed by atoms with Gasteiger partial charge in [-0.3, -0.25) is 4.79 Å². The first-order chi connectivity index (χ1) is 16.0. The van der Waals surface area contributed by atoms with Gasteiger partial charge in [0.15, 0.2) is 0 Å². The molecular weight excluding hydrogens is 474 g/mol. The molecule has 0 aliphatic carbocycles. The number of nitrogens with two attached hydrogens (primary N) is 1. The third-order valence-corrected chi connectivity index (χ3v) is 7.66. The van der Waals surface area contributed by atoms with Gasteiger partial charge in [0.2, 0.25) is 5.91 Å². The number of nitrogen functional groups attached to an aromatic ring is 1. The fourth-order valence-electron chi connectivity index (χ4n) is 3.52. The lowest BCUT2D eigenvalue weighted by molar-refractivity contribution is -0.115. The van der Waals surface area contributed by atoms with Gasteiger partial charge in [-0.15, -0.1) is 23.1 Å². The van der Waals surface area contributed by atoms with Crippen molar-refractivity contribution in [2.45, 2.75) is 62.8 Å². The largest absolute Gasteiger partial charge is 0.465 e. The maximum absolute atomic E-state index is 13.1. The van der Waals surface area contributed by atoms with E-state index >= 15 is 0 Å². The molecule has 3 rings (SSSR count). The van der Waals surface area contributed by atoms with E-state index in [1.807, 2.05) is 39.8 Å². The number of amides is 2. The maximum Gasteiger partial charge on any atom is 0.410 e. The monoisotopic (exact) mass is 505 g/mol. The van der Waals surface area contributed by atoms with Crippen molar-refractivity contribution in [2.24, 2.45) is 0 Å². The zero-order valence-electron chi connectivity index (χ0n) is 20.1. The third-order valence-electron chi connectivity index (χ3n) is 5.16. The summed E-state index contributed by atoms with van der Waals surface area (Å²) >= 11 is 2.74. The first kappa shape index (κ1) is 25.9. The van der Waals surface area contributed by atoms with E-state index in [9.17, 15) is 14.4 Å². The van der Waals surface area contributed by atoms with Crippen LogP contribution in [0.15, 0.2) is 29.2 Å². The number of benzene rings is 1. The minimum absolute atomic E-state index is 0.197.